The zero-order valence-corrected chi connectivity index (χ0v) is 19.0. The first-order valence-corrected chi connectivity index (χ1v) is 11.0. The molecule has 3 nitrogen and oxygen atoms in total. The molecule has 3 heteroatoms. The van der Waals surface area contributed by atoms with E-state index in [-0.39, 0.29) is 5.78 Å². The first-order chi connectivity index (χ1) is 14.9. The van der Waals surface area contributed by atoms with E-state index in [0.29, 0.717) is 19.1 Å². The number of nitrogens with one attached hydrogen (secondary N) is 1. The molecule has 162 valence electrons. The minimum absolute atomic E-state index is 0.143. The van der Waals surface area contributed by atoms with Crippen LogP contribution in [-0.2, 0) is 5.41 Å². The Kier molecular flexibility index (Phi) is 7.64. The van der Waals surface area contributed by atoms with Gasteiger partial charge in [-0.15, -0.1) is 0 Å². The molecule has 0 radical (unpaired) electrons. The smallest absolute Gasteiger partial charge is 0.164 e. The number of aryl methyl sites for hydroxylation is 1. The van der Waals surface area contributed by atoms with Gasteiger partial charge in [0.15, 0.2) is 5.78 Å². The Morgan fingerprint density at radius 2 is 1.58 bits per heavy atom. The number of ether oxygens (including phenoxy) is 1. The van der Waals surface area contributed by atoms with Gasteiger partial charge in [-0.05, 0) is 29.7 Å². The van der Waals surface area contributed by atoms with Crippen LogP contribution in [0.5, 0.6) is 5.75 Å². The van der Waals surface area contributed by atoms with Gasteiger partial charge in [-0.2, -0.15) is 0 Å². The van der Waals surface area contributed by atoms with Gasteiger partial charge in [0.25, 0.3) is 0 Å². The summed E-state index contributed by atoms with van der Waals surface area (Å²) in [5.41, 5.74) is 3.65. The van der Waals surface area contributed by atoms with Crippen LogP contribution < -0.4 is 10.1 Å². The predicted octanol–water partition coefficient (Wildman–Crippen LogP) is 5.95. The topological polar surface area (TPSA) is 38.3 Å². The lowest BCUT2D eigenvalue weighted by Gasteiger charge is -2.31. The standard InChI is InChI=1S/C28H33NO2/c1-21(2)29-17-18-31-27-16-15-25(19-22(27)3)28(4,24-13-9-6-10-14-24)20-26(30)23-11-7-5-8-12-23/h5-16,19,21,29H,17-18,20H2,1-4H3. The van der Waals surface area contributed by atoms with Gasteiger partial charge >= 0.3 is 0 Å². The molecule has 3 aromatic rings. The second-order valence-electron chi connectivity index (χ2n) is 8.60. The van der Waals surface area contributed by atoms with E-state index in [2.05, 4.69) is 57.3 Å². The van der Waals surface area contributed by atoms with E-state index in [1.807, 2.05) is 54.6 Å². The van der Waals surface area contributed by atoms with Gasteiger partial charge in [-0.3, -0.25) is 4.79 Å². The Balaban J connectivity index is 1.87. The molecule has 0 fully saturated rings. The molecule has 0 saturated heterocycles. The van der Waals surface area contributed by atoms with Crippen LogP contribution in [0.1, 0.15) is 54.2 Å². The number of carbonyl (C=O) groups excluding carboxylic acids is 1. The Morgan fingerprint density at radius 1 is 0.935 bits per heavy atom. The minimum atomic E-state index is -0.434. The molecule has 3 rings (SSSR count). The average molecular weight is 416 g/mol. The van der Waals surface area contributed by atoms with Crippen LogP contribution in [0.15, 0.2) is 78.9 Å². The first kappa shape index (κ1) is 22.8. The fourth-order valence-electron chi connectivity index (χ4n) is 3.89. The highest BCUT2D eigenvalue weighted by molar-refractivity contribution is 5.97. The Labute approximate surface area is 186 Å². The van der Waals surface area contributed by atoms with Crippen LogP contribution in [0.4, 0.5) is 0 Å². The molecule has 0 aliphatic heterocycles. The SMILES string of the molecule is Cc1cc(C(C)(CC(=O)c2ccccc2)c2ccccc2)ccc1OCCNC(C)C. The third kappa shape index (κ3) is 5.83. The molecule has 1 unspecified atom stereocenters. The van der Waals surface area contributed by atoms with E-state index >= 15 is 0 Å². The lowest BCUT2D eigenvalue weighted by molar-refractivity contribution is 0.0962. The second-order valence-corrected chi connectivity index (χ2v) is 8.60. The summed E-state index contributed by atoms with van der Waals surface area (Å²) in [6.45, 7) is 9.92. The maximum absolute atomic E-state index is 13.2. The number of benzene rings is 3. The zero-order chi connectivity index (χ0) is 22.3. The largest absolute Gasteiger partial charge is 0.492 e. The third-order valence-corrected chi connectivity index (χ3v) is 5.75. The molecule has 0 bridgehead atoms. The van der Waals surface area contributed by atoms with Crippen molar-refractivity contribution in [3.63, 3.8) is 0 Å². The summed E-state index contributed by atoms with van der Waals surface area (Å²) in [4.78, 5) is 13.2. The van der Waals surface area contributed by atoms with Gasteiger partial charge < -0.3 is 10.1 Å². The molecule has 0 amide bonds. The molecule has 0 heterocycles. The second kappa shape index (κ2) is 10.4. The van der Waals surface area contributed by atoms with Crippen molar-refractivity contribution in [1.82, 2.24) is 5.32 Å². The Bertz CT molecular complexity index is 982. The summed E-state index contributed by atoms with van der Waals surface area (Å²) in [5, 5.41) is 3.37. The molecule has 1 atom stereocenters. The summed E-state index contributed by atoms with van der Waals surface area (Å²) < 4.78 is 5.98. The van der Waals surface area contributed by atoms with E-state index in [0.717, 1.165) is 34.5 Å². The van der Waals surface area contributed by atoms with Gasteiger partial charge in [0.2, 0.25) is 0 Å². The lowest BCUT2D eigenvalue weighted by Crippen LogP contribution is -2.28. The van der Waals surface area contributed by atoms with Crippen molar-refractivity contribution in [1.29, 1.82) is 0 Å². The van der Waals surface area contributed by atoms with Crippen molar-refractivity contribution in [3.8, 4) is 5.75 Å². The van der Waals surface area contributed by atoms with Gasteiger partial charge in [0.05, 0.1) is 0 Å². The molecule has 1 N–H and O–H groups in total. The molecular weight excluding hydrogens is 382 g/mol. The highest BCUT2D eigenvalue weighted by Gasteiger charge is 2.32. The first-order valence-electron chi connectivity index (χ1n) is 11.0. The number of carbonyl (C=O) groups is 1. The van der Waals surface area contributed by atoms with E-state index in [4.69, 9.17) is 4.74 Å². The fraction of sp³-hybridized carbons (Fsp3) is 0.321. The van der Waals surface area contributed by atoms with Crippen molar-refractivity contribution in [3.05, 3.63) is 101 Å². The molecule has 0 spiro atoms. The molecule has 0 saturated carbocycles. The van der Waals surface area contributed by atoms with Crippen LogP contribution in [-0.4, -0.2) is 25.0 Å². The fourth-order valence-corrected chi connectivity index (χ4v) is 3.89. The summed E-state index contributed by atoms with van der Waals surface area (Å²) in [6.07, 6.45) is 0.402. The van der Waals surface area contributed by atoms with Crippen LogP contribution in [0.3, 0.4) is 0 Å². The number of rotatable bonds is 10. The number of hydrogen-bond donors (Lipinski definition) is 1. The van der Waals surface area contributed by atoms with Crippen molar-refractivity contribution >= 4 is 5.78 Å². The van der Waals surface area contributed by atoms with Crippen molar-refractivity contribution < 1.29 is 9.53 Å². The molecular formula is C28H33NO2. The van der Waals surface area contributed by atoms with Crippen LogP contribution in [0, 0.1) is 6.92 Å². The number of hydrogen-bond acceptors (Lipinski definition) is 3. The quantitative estimate of drug-likeness (QED) is 0.328. The number of ketones is 1. The summed E-state index contributed by atoms with van der Waals surface area (Å²) in [7, 11) is 0. The molecule has 31 heavy (non-hydrogen) atoms. The van der Waals surface area contributed by atoms with Gasteiger partial charge in [-0.25, -0.2) is 0 Å². The molecule has 0 aliphatic carbocycles. The van der Waals surface area contributed by atoms with Crippen LogP contribution in [0.25, 0.3) is 0 Å². The summed E-state index contributed by atoms with van der Waals surface area (Å²) in [5.74, 6) is 1.03. The summed E-state index contributed by atoms with van der Waals surface area (Å²) in [6, 6.07) is 26.6. The number of Topliss-reactive ketones (excluding diaryl/α,β-unsaturated/α-hetero) is 1. The van der Waals surface area contributed by atoms with E-state index < -0.39 is 5.41 Å². The zero-order valence-electron chi connectivity index (χ0n) is 19.0. The van der Waals surface area contributed by atoms with Gasteiger partial charge in [0.1, 0.15) is 12.4 Å². The summed E-state index contributed by atoms with van der Waals surface area (Å²) >= 11 is 0. The maximum atomic E-state index is 13.2. The predicted molar refractivity (Wildman–Crippen MR) is 128 cm³/mol. The lowest BCUT2D eigenvalue weighted by atomic mass is 9.72. The van der Waals surface area contributed by atoms with Gasteiger partial charge in [-0.1, -0.05) is 93.6 Å². The monoisotopic (exact) mass is 415 g/mol. The van der Waals surface area contributed by atoms with Crippen LogP contribution in [0.2, 0.25) is 0 Å². The highest BCUT2D eigenvalue weighted by atomic mass is 16.5. The molecule has 3 aromatic carbocycles. The average Bonchev–Trinajstić information content (AvgIpc) is 2.78. The van der Waals surface area contributed by atoms with Crippen molar-refractivity contribution in [2.75, 3.05) is 13.2 Å². The third-order valence-electron chi connectivity index (χ3n) is 5.75. The minimum Gasteiger partial charge on any atom is -0.492 e. The van der Waals surface area contributed by atoms with E-state index in [1.54, 1.807) is 0 Å². The van der Waals surface area contributed by atoms with E-state index in [1.165, 1.54) is 0 Å². The maximum Gasteiger partial charge on any atom is 0.164 e. The van der Waals surface area contributed by atoms with E-state index in [9.17, 15) is 4.79 Å². The molecule has 0 aliphatic rings. The van der Waals surface area contributed by atoms with Crippen molar-refractivity contribution in [2.45, 2.75) is 45.6 Å². The normalized spacial score (nSPS) is 13.1. The van der Waals surface area contributed by atoms with Gasteiger partial charge in [0, 0.05) is 30.0 Å². The highest BCUT2D eigenvalue weighted by Crippen LogP contribution is 2.38. The molecule has 0 aromatic heterocycles. The van der Waals surface area contributed by atoms with Crippen molar-refractivity contribution in [2.24, 2.45) is 0 Å². The Morgan fingerprint density at radius 3 is 2.19 bits per heavy atom. The van der Waals surface area contributed by atoms with Crippen LogP contribution >= 0.6 is 0 Å². The Hall–Kier alpha value is -2.91.